The highest BCUT2D eigenvalue weighted by Gasteiger charge is 2.22. The van der Waals surface area contributed by atoms with Crippen LogP contribution >= 0.6 is 0 Å². The third-order valence-electron chi connectivity index (χ3n) is 4.54. The Kier molecular flexibility index (Phi) is 4.42. The van der Waals surface area contributed by atoms with Crippen molar-refractivity contribution in [3.8, 4) is 11.5 Å². The average Bonchev–Trinajstić information content (AvgIpc) is 3.09. The second kappa shape index (κ2) is 6.88. The van der Waals surface area contributed by atoms with Crippen molar-refractivity contribution >= 4 is 17.3 Å². The van der Waals surface area contributed by atoms with E-state index >= 15 is 0 Å². The zero-order valence-electron chi connectivity index (χ0n) is 14.9. The summed E-state index contributed by atoms with van der Waals surface area (Å²) in [6, 6.07) is 13.1. The lowest BCUT2D eigenvalue weighted by Gasteiger charge is -2.36. The van der Waals surface area contributed by atoms with E-state index in [-0.39, 0.29) is 24.9 Å². The number of carbonyl (C=O) groups is 1. The van der Waals surface area contributed by atoms with Crippen LogP contribution in [-0.2, 0) is 4.74 Å². The molecule has 4 rings (SSSR count). The zero-order chi connectivity index (χ0) is 18.1. The van der Waals surface area contributed by atoms with Crippen molar-refractivity contribution in [3.63, 3.8) is 0 Å². The first-order valence-corrected chi connectivity index (χ1v) is 8.80. The van der Waals surface area contributed by atoms with Crippen LogP contribution in [0.5, 0.6) is 11.5 Å². The first kappa shape index (κ1) is 16.7. The van der Waals surface area contributed by atoms with Gasteiger partial charge in [-0.2, -0.15) is 0 Å². The van der Waals surface area contributed by atoms with Gasteiger partial charge in [0, 0.05) is 30.0 Å². The van der Waals surface area contributed by atoms with E-state index in [9.17, 15) is 4.79 Å². The number of fused-ring (bicyclic) bond motifs is 1. The van der Waals surface area contributed by atoms with Gasteiger partial charge in [0.2, 0.25) is 6.79 Å². The lowest BCUT2D eigenvalue weighted by molar-refractivity contribution is -0.00521. The van der Waals surface area contributed by atoms with Crippen LogP contribution < -0.4 is 19.7 Å². The number of nitrogens with zero attached hydrogens (tertiary/aromatic N) is 1. The molecule has 0 aliphatic carbocycles. The molecule has 0 saturated carbocycles. The van der Waals surface area contributed by atoms with E-state index in [1.165, 1.54) is 0 Å². The van der Waals surface area contributed by atoms with Crippen LogP contribution in [0.15, 0.2) is 42.5 Å². The Morgan fingerprint density at radius 2 is 1.69 bits per heavy atom. The largest absolute Gasteiger partial charge is 0.454 e. The SMILES string of the molecule is CC1CN(c2ccc(NC(=O)c3ccc4c(c3)OCO4)cc2)CC(C)O1. The van der Waals surface area contributed by atoms with Crippen LogP contribution in [0, 0.1) is 0 Å². The minimum absolute atomic E-state index is 0.176. The lowest BCUT2D eigenvalue weighted by Crippen LogP contribution is -2.45. The molecule has 2 atom stereocenters. The summed E-state index contributed by atoms with van der Waals surface area (Å²) >= 11 is 0. The quantitative estimate of drug-likeness (QED) is 0.917. The Hall–Kier alpha value is -2.73. The van der Waals surface area contributed by atoms with Gasteiger partial charge in [-0.15, -0.1) is 0 Å². The fourth-order valence-electron chi connectivity index (χ4n) is 3.39. The summed E-state index contributed by atoms with van der Waals surface area (Å²) in [4.78, 5) is 14.8. The maximum absolute atomic E-state index is 12.5. The molecule has 2 unspecified atom stereocenters. The lowest BCUT2D eigenvalue weighted by atomic mass is 10.1. The monoisotopic (exact) mass is 354 g/mol. The highest BCUT2D eigenvalue weighted by atomic mass is 16.7. The molecular formula is C20H22N2O4. The van der Waals surface area contributed by atoms with Crippen molar-refractivity contribution in [1.29, 1.82) is 0 Å². The number of hydrogen-bond acceptors (Lipinski definition) is 5. The summed E-state index contributed by atoms with van der Waals surface area (Å²) in [6.45, 7) is 6.10. The van der Waals surface area contributed by atoms with Gasteiger partial charge in [-0.3, -0.25) is 4.79 Å². The highest BCUT2D eigenvalue weighted by molar-refractivity contribution is 6.04. The minimum atomic E-state index is -0.176. The van der Waals surface area contributed by atoms with Crippen molar-refractivity contribution in [2.24, 2.45) is 0 Å². The van der Waals surface area contributed by atoms with Gasteiger partial charge in [-0.25, -0.2) is 0 Å². The predicted octanol–water partition coefficient (Wildman–Crippen LogP) is 3.28. The molecule has 0 radical (unpaired) electrons. The maximum atomic E-state index is 12.5. The summed E-state index contributed by atoms with van der Waals surface area (Å²) in [5.41, 5.74) is 2.42. The molecule has 26 heavy (non-hydrogen) atoms. The molecule has 6 nitrogen and oxygen atoms in total. The fourth-order valence-corrected chi connectivity index (χ4v) is 3.39. The van der Waals surface area contributed by atoms with E-state index in [1.54, 1.807) is 18.2 Å². The van der Waals surface area contributed by atoms with Crippen LogP contribution in [0.1, 0.15) is 24.2 Å². The summed E-state index contributed by atoms with van der Waals surface area (Å²) < 4.78 is 16.4. The van der Waals surface area contributed by atoms with Gasteiger partial charge in [0.1, 0.15) is 0 Å². The predicted molar refractivity (Wildman–Crippen MR) is 99.2 cm³/mol. The Bertz CT molecular complexity index is 796. The standard InChI is InChI=1S/C20H22N2O4/c1-13-10-22(11-14(2)26-13)17-6-4-16(5-7-17)21-20(23)15-3-8-18-19(9-15)25-12-24-18/h3-9,13-14H,10-12H2,1-2H3,(H,21,23). The van der Waals surface area contributed by atoms with E-state index in [2.05, 4.69) is 24.1 Å². The maximum Gasteiger partial charge on any atom is 0.255 e. The molecule has 1 saturated heterocycles. The van der Waals surface area contributed by atoms with Gasteiger partial charge in [0.15, 0.2) is 11.5 Å². The first-order chi connectivity index (χ1) is 12.6. The van der Waals surface area contributed by atoms with E-state index in [1.807, 2.05) is 24.3 Å². The Morgan fingerprint density at radius 1 is 1.00 bits per heavy atom. The van der Waals surface area contributed by atoms with Crippen LogP contribution in [0.3, 0.4) is 0 Å². The Morgan fingerprint density at radius 3 is 2.42 bits per heavy atom. The van der Waals surface area contributed by atoms with Crippen LogP contribution in [0.25, 0.3) is 0 Å². The Balaban J connectivity index is 1.43. The van der Waals surface area contributed by atoms with Crippen molar-refractivity contribution in [2.75, 3.05) is 30.1 Å². The number of ether oxygens (including phenoxy) is 3. The van der Waals surface area contributed by atoms with E-state index in [0.29, 0.717) is 17.1 Å². The van der Waals surface area contributed by atoms with Gasteiger partial charge in [-0.05, 0) is 56.3 Å². The molecule has 2 aliphatic heterocycles. The fraction of sp³-hybridized carbons (Fsp3) is 0.350. The molecule has 1 N–H and O–H groups in total. The van der Waals surface area contributed by atoms with Crippen LogP contribution in [0.4, 0.5) is 11.4 Å². The molecule has 136 valence electrons. The molecule has 0 bridgehead atoms. The van der Waals surface area contributed by atoms with Crippen molar-refractivity contribution in [3.05, 3.63) is 48.0 Å². The van der Waals surface area contributed by atoms with Gasteiger partial charge < -0.3 is 24.4 Å². The molecule has 2 aromatic carbocycles. The number of morpholine rings is 1. The highest BCUT2D eigenvalue weighted by Crippen LogP contribution is 2.32. The summed E-state index contributed by atoms with van der Waals surface area (Å²) in [5, 5.41) is 2.92. The summed E-state index contributed by atoms with van der Waals surface area (Å²) in [7, 11) is 0. The number of benzene rings is 2. The molecular weight excluding hydrogens is 332 g/mol. The molecule has 2 aliphatic rings. The third kappa shape index (κ3) is 3.46. The smallest absolute Gasteiger partial charge is 0.255 e. The minimum Gasteiger partial charge on any atom is -0.454 e. The average molecular weight is 354 g/mol. The molecule has 2 heterocycles. The van der Waals surface area contributed by atoms with Crippen molar-refractivity contribution in [2.45, 2.75) is 26.1 Å². The summed E-state index contributed by atoms with van der Waals surface area (Å²) in [6.07, 6.45) is 0.424. The zero-order valence-corrected chi connectivity index (χ0v) is 14.9. The van der Waals surface area contributed by atoms with E-state index in [0.717, 1.165) is 24.5 Å². The van der Waals surface area contributed by atoms with Gasteiger partial charge >= 0.3 is 0 Å². The van der Waals surface area contributed by atoms with Crippen molar-refractivity contribution < 1.29 is 19.0 Å². The topological polar surface area (TPSA) is 60.0 Å². The van der Waals surface area contributed by atoms with Crippen molar-refractivity contribution in [1.82, 2.24) is 0 Å². The number of nitrogens with one attached hydrogen (secondary N) is 1. The number of anilines is 2. The molecule has 0 aromatic heterocycles. The van der Waals surface area contributed by atoms with Crippen LogP contribution in [0.2, 0.25) is 0 Å². The first-order valence-electron chi connectivity index (χ1n) is 8.80. The van der Waals surface area contributed by atoms with Gasteiger partial charge in [0.25, 0.3) is 5.91 Å². The number of carbonyl (C=O) groups excluding carboxylic acids is 1. The molecule has 1 amide bonds. The van der Waals surface area contributed by atoms with Gasteiger partial charge in [0.05, 0.1) is 12.2 Å². The third-order valence-corrected chi connectivity index (χ3v) is 4.54. The van der Waals surface area contributed by atoms with Crippen LogP contribution in [-0.4, -0.2) is 38.0 Å². The number of hydrogen-bond donors (Lipinski definition) is 1. The normalized spacial score (nSPS) is 21.5. The molecule has 0 spiro atoms. The number of rotatable bonds is 3. The Labute approximate surface area is 152 Å². The van der Waals surface area contributed by atoms with Gasteiger partial charge in [-0.1, -0.05) is 0 Å². The second-order valence-electron chi connectivity index (χ2n) is 6.73. The van der Waals surface area contributed by atoms with E-state index in [4.69, 9.17) is 14.2 Å². The summed E-state index contributed by atoms with van der Waals surface area (Å²) in [5.74, 6) is 1.09. The van der Waals surface area contributed by atoms with E-state index < -0.39 is 0 Å². The molecule has 1 fully saturated rings. The number of amides is 1. The molecule has 6 heteroatoms. The second-order valence-corrected chi connectivity index (χ2v) is 6.73. The molecule has 2 aromatic rings.